The molecule has 0 bridgehead atoms. The molecule has 0 saturated carbocycles. The third kappa shape index (κ3) is 5.52. The summed E-state index contributed by atoms with van der Waals surface area (Å²) in [5.41, 5.74) is 0. The molecule has 1 saturated heterocycles. The van der Waals surface area contributed by atoms with Crippen LogP contribution in [0.5, 0.6) is 5.75 Å². The van der Waals surface area contributed by atoms with Gasteiger partial charge < -0.3 is 15.0 Å². The molecule has 1 aromatic rings. The van der Waals surface area contributed by atoms with Crippen LogP contribution in [0.2, 0.25) is 0 Å². The molecule has 1 fully saturated rings. The Hall–Kier alpha value is -1.33. The summed E-state index contributed by atoms with van der Waals surface area (Å²) in [4.78, 5) is 13.8. The number of piperidine rings is 1. The fraction of sp³-hybridized carbons (Fsp3) is 0.533. The number of carbonyl (C=O) groups is 1. The van der Waals surface area contributed by atoms with E-state index in [4.69, 9.17) is 4.74 Å². The number of likely N-dealkylation sites (N-methyl/N-ethyl adjacent to an activating group) is 1. The first kappa shape index (κ1) is 17.7. The van der Waals surface area contributed by atoms with Crippen LogP contribution < -0.4 is 10.1 Å². The number of hydrogen-bond donors (Lipinski definition) is 1. The maximum Gasteiger partial charge on any atom is 0.239 e. The fourth-order valence-electron chi connectivity index (χ4n) is 2.27. The fourth-order valence-corrected chi connectivity index (χ4v) is 2.27. The van der Waals surface area contributed by atoms with Gasteiger partial charge in [-0.25, -0.2) is 4.39 Å². The summed E-state index contributed by atoms with van der Waals surface area (Å²) >= 11 is 0. The molecule has 1 atom stereocenters. The molecule has 21 heavy (non-hydrogen) atoms. The Balaban J connectivity index is 0.00000220. The van der Waals surface area contributed by atoms with Crippen molar-refractivity contribution in [1.29, 1.82) is 0 Å². The zero-order valence-corrected chi connectivity index (χ0v) is 13.0. The van der Waals surface area contributed by atoms with E-state index in [9.17, 15) is 9.18 Å². The van der Waals surface area contributed by atoms with E-state index in [-0.39, 0.29) is 30.2 Å². The number of ether oxygens (including phenoxy) is 1. The molecule has 1 N–H and O–H groups in total. The summed E-state index contributed by atoms with van der Waals surface area (Å²) < 4.78 is 18.2. The second kappa shape index (κ2) is 8.85. The minimum Gasteiger partial charge on any atom is -0.492 e. The van der Waals surface area contributed by atoms with Crippen molar-refractivity contribution in [3.8, 4) is 5.75 Å². The monoisotopic (exact) mass is 316 g/mol. The van der Waals surface area contributed by atoms with Gasteiger partial charge in [0.2, 0.25) is 5.91 Å². The first-order chi connectivity index (χ1) is 9.66. The summed E-state index contributed by atoms with van der Waals surface area (Å²) in [6.45, 7) is 1.84. The van der Waals surface area contributed by atoms with Gasteiger partial charge in [-0.1, -0.05) is 6.42 Å². The SMILES string of the molecule is CN(CCOc1ccc(F)cc1)C(=O)[C@@H]1CCCCN1.Cl. The Morgan fingerprint density at radius 3 is 2.71 bits per heavy atom. The standard InChI is InChI=1S/C15H21FN2O2.ClH/c1-18(15(19)14-4-2-3-9-17-14)10-11-20-13-7-5-12(16)6-8-13;/h5-8,14,17H,2-4,9-11H2,1H3;1H/t14-;/m0./s1. The lowest BCUT2D eigenvalue weighted by atomic mass is 10.0. The second-order valence-corrected chi connectivity index (χ2v) is 5.06. The maximum atomic E-state index is 12.7. The third-order valence-corrected chi connectivity index (χ3v) is 3.49. The Morgan fingerprint density at radius 1 is 1.38 bits per heavy atom. The number of nitrogens with one attached hydrogen (secondary N) is 1. The highest BCUT2D eigenvalue weighted by Gasteiger charge is 2.23. The van der Waals surface area contributed by atoms with E-state index in [1.54, 1.807) is 24.1 Å². The highest BCUT2D eigenvalue weighted by molar-refractivity contribution is 5.85. The van der Waals surface area contributed by atoms with Crippen molar-refractivity contribution in [2.45, 2.75) is 25.3 Å². The van der Waals surface area contributed by atoms with Gasteiger partial charge in [0.1, 0.15) is 18.2 Å². The Labute approximate surface area is 131 Å². The molecule has 2 rings (SSSR count). The lowest BCUT2D eigenvalue weighted by Gasteiger charge is -2.27. The molecule has 0 aliphatic carbocycles. The lowest BCUT2D eigenvalue weighted by Crippen LogP contribution is -2.48. The van der Waals surface area contributed by atoms with Gasteiger partial charge in [0, 0.05) is 7.05 Å². The minimum absolute atomic E-state index is 0. The summed E-state index contributed by atoms with van der Waals surface area (Å²) in [7, 11) is 1.78. The highest BCUT2D eigenvalue weighted by Crippen LogP contribution is 2.12. The van der Waals surface area contributed by atoms with E-state index in [0.717, 1.165) is 25.8 Å². The summed E-state index contributed by atoms with van der Waals surface area (Å²) in [6, 6.07) is 5.82. The molecule has 4 nitrogen and oxygen atoms in total. The van der Waals surface area contributed by atoms with Gasteiger partial charge in [0.05, 0.1) is 12.6 Å². The number of benzene rings is 1. The van der Waals surface area contributed by atoms with Gasteiger partial charge in [-0.2, -0.15) is 0 Å². The molecule has 1 amide bonds. The van der Waals surface area contributed by atoms with Crippen molar-refractivity contribution in [1.82, 2.24) is 10.2 Å². The molecule has 6 heteroatoms. The van der Waals surface area contributed by atoms with Crippen LogP contribution in [0.3, 0.4) is 0 Å². The van der Waals surface area contributed by atoms with Gasteiger partial charge >= 0.3 is 0 Å². The van der Waals surface area contributed by atoms with E-state index in [1.807, 2.05) is 0 Å². The van der Waals surface area contributed by atoms with Crippen molar-refractivity contribution in [3.63, 3.8) is 0 Å². The van der Waals surface area contributed by atoms with Gasteiger partial charge in [-0.15, -0.1) is 12.4 Å². The largest absolute Gasteiger partial charge is 0.492 e. The first-order valence-corrected chi connectivity index (χ1v) is 7.03. The van der Waals surface area contributed by atoms with Crippen LogP contribution >= 0.6 is 12.4 Å². The van der Waals surface area contributed by atoms with Gasteiger partial charge in [0.15, 0.2) is 0 Å². The van der Waals surface area contributed by atoms with Crippen LogP contribution in [0.4, 0.5) is 4.39 Å². The van der Waals surface area contributed by atoms with Crippen LogP contribution in [0.25, 0.3) is 0 Å². The second-order valence-electron chi connectivity index (χ2n) is 5.06. The third-order valence-electron chi connectivity index (χ3n) is 3.49. The van der Waals surface area contributed by atoms with Crippen molar-refractivity contribution in [3.05, 3.63) is 30.1 Å². The predicted molar refractivity (Wildman–Crippen MR) is 82.4 cm³/mol. The van der Waals surface area contributed by atoms with E-state index >= 15 is 0 Å². The molecule has 0 aromatic heterocycles. The molecule has 0 radical (unpaired) electrons. The summed E-state index contributed by atoms with van der Waals surface area (Å²) in [5, 5.41) is 3.24. The zero-order chi connectivity index (χ0) is 14.4. The molecule has 1 aromatic carbocycles. The molecule has 0 spiro atoms. The van der Waals surface area contributed by atoms with Crippen molar-refractivity contribution in [2.75, 3.05) is 26.7 Å². The smallest absolute Gasteiger partial charge is 0.239 e. The van der Waals surface area contributed by atoms with E-state index < -0.39 is 0 Å². The number of rotatable bonds is 5. The van der Waals surface area contributed by atoms with Crippen LogP contribution in [0.1, 0.15) is 19.3 Å². The topological polar surface area (TPSA) is 41.6 Å². The molecular formula is C15H22ClFN2O2. The summed E-state index contributed by atoms with van der Waals surface area (Å²) in [6.07, 6.45) is 3.15. The van der Waals surface area contributed by atoms with Crippen LogP contribution in [-0.4, -0.2) is 43.6 Å². The van der Waals surface area contributed by atoms with E-state index in [2.05, 4.69) is 5.32 Å². The Bertz CT molecular complexity index is 436. The molecule has 1 aliphatic heterocycles. The van der Waals surface area contributed by atoms with Crippen molar-refractivity contribution in [2.24, 2.45) is 0 Å². The van der Waals surface area contributed by atoms with Crippen LogP contribution in [0, 0.1) is 5.82 Å². The average Bonchev–Trinajstić information content (AvgIpc) is 2.49. The van der Waals surface area contributed by atoms with Crippen molar-refractivity contribution < 1.29 is 13.9 Å². The van der Waals surface area contributed by atoms with Gasteiger partial charge in [0.25, 0.3) is 0 Å². The van der Waals surface area contributed by atoms with E-state index in [0.29, 0.717) is 18.9 Å². The average molecular weight is 317 g/mol. The highest BCUT2D eigenvalue weighted by atomic mass is 35.5. The van der Waals surface area contributed by atoms with Crippen molar-refractivity contribution >= 4 is 18.3 Å². The normalized spacial score (nSPS) is 17.7. The number of halogens is 2. The predicted octanol–water partition coefficient (Wildman–Crippen LogP) is 2.23. The first-order valence-electron chi connectivity index (χ1n) is 7.03. The number of nitrogens with zero attached hydrogens (tertiary/aromatic N) is 1. The molecule has 1 aliphatic rings. The van der Waals surface area contributed by atoms with Gasteiger partial charge in [-0.3, -0.25) is 4.79 Å². The molecule has 0 unspecified atom stereocenters. The zero-order valence-electron chi connectivity index (χ0n) is 12.2. The Morgan fingerprint density at radius 2 is 2.10 bits per heavy atom. The Kier molecular flexibility index (Phi) is 7.47. The quantitative estimate of drug-likeness (QED) is 0.905. The molecule has 118 valence electrons. The lowest BCUT2D eigenvalue weighted by molar-refractivity contribution is -0.133. The number of hydrogen-bond acceptors (Lipinski definition) is 3. The minimum atomic E-state index is -0.284. The number of carbonyl (C=O) groups excluding carboxylic acids is 1. The summed E-state index contributed by atoms with van der Waals surface area (Å²) in [5.74, 6) is 0.448. The van der Waals surface area contributed by atoms with Crippen LogP contribution in [0.15, 0.2) is 24.3 Å². The van der Waals surface area contributed by atoms with Gasteiger partial charge in [-0.05, 0) is 43.7 Å². The van der Waals surface area contributed by atoms with E-state index in [1.165, 1.54) is 12.1 Å². The number of amides is 1. The maximum absolute atomic E-state index is 12.7. The molecular weight excluding hydrogens is 295 g/mol. The molecule has 1 heterocycles. The van der Waals surface area contributed by atoms with Crippen LogP contribution in [-0.2, 0) is 4.79 Å².